The zero-order valence-electron chi connectivity index (χ0n) is 9.55. The number of carbonyl (C=O) groups is 1. The lowest BCUT2D eigenvalue weighted by atomic mass is 10.1. The van der Waals surface area contributed by atoms with Gasteiger partial charge in [-0.25, -0.2) is 0 Å². The van der Waals surface area contributed by atoms with Crippen LogP contribution >= 0.6 is 0 Å². The van der Waals surface area contributed by atoms with E-state index in [9.17, 15) is 18.0 Å². The van der Waals surface area contributed by atoms with Gasteiger partial charge in [-0.1, -0.05) is 0 Å². The Hall–Kier alpha value is -1.96. The summed E-state index contributed by atoms with van der Waals surface area (Å²) in [4.78, 5) is 11.5. The molecule has 2 nitrogen and oxygen atoms in total. The molecule has 5 heteroatoms. The summed E-state index contributed by atoms with van der Waals surface area (Å²) in [5.41, 5.74) is -0.574. The minimum atomic E-state index is -4.39. The quantitative estimate of drug-likeness (QED) is 0.650. The van der Waals surface area contributed by atoms with Crippen molar-refractivity contribution in [2.24, 2.45) is 0 Å². The first kappa shape index (κ1) is 14.1. The van der Waals surface area contributed by atoms with E-state index in [1.54, 1.807) is 0 Å². The summed E-state index contributed by atoms with van der Waals surface area (Å²) >= 11 is 0. The Bertz CT molecular complexity index is 443. The van der Waals surface area contributed by atoms with E-state index in [0.717, 1.165) is 24.3 Å². The van der Waals surface area contributed by atoms with Crippen molar-refractivity contribution in [2.75, 3.05) is 6.54 Å². The molecule has 1 amide bonds. The molecule has 0 bridgehead atoms. The van der Waals surface area contributed by atoms with Crippen LogP contribution in [0.15, 0.2) is 24.3 Å². The van der Waals surface area contributed by atoms with Gasteiger partial charge in [0.15, 0.2) is 0 Å². The molecule has 0 fully saturated rings. The summed E-state index contributed by atoms with van der Waals surface area (Å²) in [5.74, 6) is 2.03. The van der Waals surface area contributed by atoms with Gasteiger partial charge in [-0.3, -0.25) is 4.79 Å². The summed E-state index contributed by atoms with van der Waals surface area (Å²) in [7, 11) is 0. The lowest BCUT2D eigenvalue weighted by Gasteiger charge is -2.08. The highest BCUT2D eigenvalue weighted by molar-refractivity contribution is 5.94. The molecule has 0 saturated heterocycles. The Kier molecular flexibility index (Phi) is 4.78. The minimum Gasteiger partial charge on any atom is -0.352 e. The van der Waals surface area contributed by atoms with Crippen molar-refractivity contribution in [3.8, 4) is 12.3 Å². The fourth-order valence-corrected chi connectivity index (χ4v) is 1.31. The molecule has 0 atom stereocenters. The number of carbonyl (C=O) groups excluding carboxylic acids is 1. The first-order valence-corrected chi connectivity index (χ1v) is 5.34. The Morgan fingerprint density at radius 3 is 2.39 bits per heavy atom. The predicted molar refractivity (Wildman–Crippen MR) is 61.8 cm³/mol. The average Bonchev–Trinajstić information content (AvgIpc) is 2.33. The monoisotopic (exact) mass is 255 g/mol. The molecule has 0 saturated carbocycles. The molecule has 0 unspecified atom stereocenters. The largest absolute Gasteiger partial charge is 0.416 e. The van der Waals surface area contributed by atoms with Crippen LogP contribution in [0, 0.1) is 12.3 Å². The number of terminal acetylenes is 1. The zero-order chi connectivity index (χ0) is 13.6. The molecule has 18 heavy (non-hydrogen) atoms. The lowest BCUT2D eigenvalue weighted by molar-refractivity contribution is -0.137. The van der Waals surface area contributed by atoms with Crippen molar-refractivity contribution < 1.29 is 18.0 Å². The molecule has 0 heterocycles. The molecular formula is C13H12F3NO. The van der Waals surface area contributed by atoms with Crippen LogP contribution in [0.2, 0.25) is 0 Å². The molecule has 0 aliphatic carbocycles. The summed E-state index contributed by atoms with van der Waals surface area (Å²) in [6.07, 6.45) is 1.85. The van der Waals surface area contributed by atoms with Crippen LogP contribution in [0.1, 0.15) is 28.8 Å². The topological polar surface area (TPSA) is 29.1 Å². The maximum absolute atomic E-state index is 12.3. The third kappa shape index (κ3) is 4.13. The fraction of sp³-hybridized carbons (Fsp3) is 0.308. The van der Waals surface area contributed by atoms with Crippen LogP contribution in [-0.2, 0) is 6.18 Å². The number of benzene rings is 1. The number of nitrogens with one attached hydrogen (secondary N) is 1. The second-order valence-corrected chi connectivity index (χ2v) is 3.64. The van der Waals surface area contributed by atoms with Crippen LogP contribution in [0.3, 0.4) is 0 Å². The number of alkyl halides is 3. The van der Waals surface area contributed by atoms with Crippen molar-refractivity contribution in [1.82, 2.24) is 5.32 Å². The Labute approximate surface area is 103 Å². The molecule has 0 aliphatic rings. The molecule has 0 aromatic heterocycles. The Morgan fingerprint density at radius 2 is 1.89 bits per heavy atom. The van der Waals surface area contributed by atoms with Crippen molar-refractivity contribution in [3.63, 3.8) is 0 Å². The molecule has 1 aromatic rings. The molecule has 1 N–H and O–H groups in total. The minimum absolute atomic E-state index is 0.198. The van der Waals surface area contributed by atoms with E-state index in [1.165, 1.54) is 0 Å². The SMILES string of the molecule is C#CCCCNC(=O)c1ccc(C(F)(F)F)cc1. The standard InChI is InChI=1S/C13H12F3NO/c1-2-3-4-9-17-12(18)10-5-7-11(8-6-10)13(14,15)16/h1,5-8H,3-4,9H2,(H,17,18). The van der Waals surface area contributed by atoms with Crippen LogP contribution in [0.4, 0.5) is 13.2 Å². The van der Waals surface area contributed by atoms with E-state index in [4.69, 9.17) is 6.42 Å². The highest BCUT2D eigenvalue weighted by atomic mass is 19.4. The molecule has 96 valence electrons. The average molecular weight is 255 g/mol. The second kappa shape index (κ2) is 6.10. The Balaban J connectivity index is 2.57. The lowest BCUT2D eigenvalue weighted by Crippen LogP contribution is -2.24. The van der Waals surface area contributed by atoms with Gasteiger partial charge in [-0.2, -0.15) is 13.2 Å². The second-order valence-electron chi connectivity index (χ2n) is 3.64. The number of amides is 1. The Morgan fingerprint density at radius 1 is 1.28 bits per heavy atom. The predicted octanol–water partition coefficient (Wildman–Crippen LogP) is 2.85. The van der Waals surface area contributed by atoms with Gasteiger partial charge in [0.25, 0.3) is 5.91 Å². The normalized spacial score (nSPS) is 10.8. The van der Waals surface area contributed by atoms with Gasteiger partial charge in [0, 0.05) is 18.5 Å². The first-order valence-electron chi connectivity index (χ1n) is 5.34. The third-order valence-electron chi connectivity index (χ3n) is 2.26. The van der Waals surface area contributed by atoms with Gasteiger partial charge < -0.3 is 5.32 Å². The van der Waals surface area contributed by atoms with Crippen molar-refractivity contribution >= 4 is 5.91 Å². The zero-order valence-corrected chi connectivity index (χ0v) is 9.55. The van der Waals surface area contributed by atoms with Crippen molar-refractivity contribution in [2.45, 2.75) is 19.0 Å². The van der Waals surface area contributed by atoms with E-state index >= 15 is 0 Å². The van der Waals surface area contributed by atoms with Crippen molar-refractivity contribution in [3.05, 3.63) is 35.4 Å². The van der Waals surface area contributed by atoms with Crippen molar-refractivity contribution in [1.29, 1.82) is 0 Å². The summed E-state index contributed by atoms with van der Waals surface area (Å²) in [5, 5.41) is 2.58. The highest BCUT2D eigenvalue weighted by Gasteiger charge is 2.30. The van der Waals surface area contributed by atoms with E-state index in [1.807, 2.05) is 0 Å². The van der Waals surface area contributed by atoms with Crippen LogP contribution in [0.5, 0.6) is 0 Å². The molecule has 0 radical (unpaired) electrons. The maximum atomic E-state index is 12.3. The van der Waals surface area contributed by atoms with Gasteiger partial charge in [-0.15, -0.1) is 12.3 Å². The third-order valence-corrected chi connectivity index (χ3v) is 2.26. The molecular weight excluding hydrogens is 243 g/mol. The molecule has 1 aromatic carbocycles. The fourth-order valence-electron chi connectivity index (χ4n) is 1.31. The van der Waals surface area contributed by atoms with Gasteiger partial charge in [0.1, 0.15) is 0 Å². The van der Waals surface area contributed by atoms with E-state index in [2.05, 4.69) is 11.2 Å². The number of unbranched alkanes of at least 4 members (excludes halogenated alkanes) is 1. The van der Waals surface area contributed by atoms with E-state index in [0.29, 0.717) is 19.4 Å². The van der Waals surface area contributed by atoms with E-state index < -0.39 is 17.6 Å². The molecule has 1 rings (SSSR count). The van der Waals surface area contributed by atoms with Crippen LogP contribution in [-0.4, -0.2) is 12.5 Å². The maximum Gasteiger partial charge on any atom is 0.416 e. The van der Waals surface area contributed by atoms with Gasteiger partial charge in [0.05, 0.1) is 5.56 Å². The van der Waals surface area contributed by atoms with E-state index in [-0.39, 0.29) is 5.56 Å². The summed E-state index contributed by atoms with van der Waals surface area (Å²) < 4.78 is 36.9. The highest BCUT2D eigenvalue weighted by Crippen LogP contribution is 2.28. The van der Waals surface area contributed by atoms with Gasteiger partial charge in [0.2, 0.25) is 0 Å². The van der Waals surface area contributed by atoms with Crippen LogP contribution < -0.4 is 5.32 Å². The first-order chi connectivity index (χ1) is 8.45. The van der Waals surface area contributed by atoms with Gasteiger partial charge in [-0.05, 0) is 30.7 Å². The molecule has 0 aliphatic heterocycles. The smallest absolute Gasteiger partial charge is 0.352 e. The summed E-state index contributed by atoms with van der Waals surface area (Å²) in [6.45, 7) is 0.407. The number of rotatable bonds is 4. The summed E-state index contributed by atoms with van der Waals surface area (Å²) in [6, 6.07) is 4.07. The van der Waals surface area contributed by atoms with Gasteiger partial charge >= 0.3 is 6.18 Å². The number of halogens is 3. The number of hydrogen-bond donors (Lipinski definition) is 1. The number of hydrogen-bond acceptors (Lipinski definition) is 1. The molecule has 0 spiro atoms. The van der Waals surface area contributed by atoms with Crippen LogP contribution in [0.25, 0.3) is 0 Å².